The summed E-state index contributed by atoms with van der Waals surface area (Å²) >= 11 is 6.03. The number of para-hydroxylation sites is 1. The zero-order valence-electron chi connectivity index (χ0n) is 15.1. The highest BCUT2D eigenvalue weighted by atomic mass is 35.5. The van der Waals surface area contributed by atoms with E-state index in [0.29, 0.717) is 16.4 Å². The summed E-state index contributed by atoms with van der Waals surface area (Å²) < 4.78 is 42.6. The molecule has 2 aromatic carbocycles. The van der Waals surface area contributed by atoms with Gasteiger partial charge >= 0.3 is 6.36 Å². The van der Waals surface area contributed by atoms with Gasteiger partial charge in [0.05, 0.1) is 5.56 Å². The summed E-state index contributed by atoms with van der Waals surface area (Å²) in [5.74, 6) is 0.155. The normalized spacial score (nSPS) is 21.0. The number of nitrogens with one attached hydrogen (secondary N) is 1. The van der Waals surface area contributed by atoms with Gasteiger partial charge in [-0.3, -0.25) is 5.43 Å². The van der Waals surface area contributed by atoms with E-state index in [-0.39, 0.29) is 17.3 Å². The lowest BCUT2D eigenvalue weighted by Gasteiger charge is -2.49. The molecule has 28 heavy (non-hydrogen) atoms. The number of ether oxygens (including phenoxy) is 1. The molecule has 1 unspecified atom stereocenters. The molecule has 0 saturated heterocycles. The second-order valence-corrected chi connectivity index (χ2v) is 7.57. The summed E-state index contributed by atoms with van der Waals surface area (Å²) in [6, 6.07) is 13.8. The molecule has 0 amide bonds. The number of hydrogen-bond acceptors (Lipinski definition) is 4. The molecule has 1 aliphatic carbocycles. The number of likely N-dealkylation sites (N-methyl/N-ethyl adjacent to an activating group) is 1. The van der Waals surface area contributed by atoms with Gasteiger partial charge in [-0.15, -0.1) is 13.2 Å². The fourth-order valence-corrected chi connectivity index (χ4v) is 4.21. The first-order chi connectivity index (χ1) is 13.3. The molecule has 8 heteroatoms. The summed E-state index contributed by atoms with van der Waals surface area (Å²) in [4.78, 5) is 1.90. The van der Waals surface area contributed by atoms with Gasteiger partial charge in [-0.1, -0.05) is 42.3 Å². The van der Waals surface area contributed by atoms with E-state index < -0.39 is 6.36 Å². The lowest BCUT2D eigenvalue weighted by Crippen LogP contribution is -2.57. The quantitative estimate of drug-likeness (QED) is 0.781. The van der Waals surface area contributed by atoms with E-state index in [4.69, 9.17) is 11.6 Å². The maximum atomic E-state index is 12.8. The van der Waals surface area contributed by atoms with E-state index in [1.165, 1.54) is 12.1 Å². The minimum atomic E-state index is -4.76. The van der Waals surface area contributed by atoms with E-state index in [1.807, 2.05) is 36.2 Å². The molecule has 0 bridgehead atoms. The number of hydrazone groups is 1. The monoisotopic (exact) mass is 409 g/mol. The number of alkyl halides is 3. The van der Waals surface area contributed by atoms with Gasteiger partial charge in [0.1, 0.15) is 11.9 Å². The van der Waals surface area contributed by atoms with Gasteiger partial charge in [0.25, 0.3) is 0 Å². The summed E-state index contributed by atoms with van der Waals surface area (Å²) in [6.45, 7) is 0. The van der Waals surface area contributed by atoms with Crippen molar-refractivity contribution < 1.29 is 17.9 Å². The fraction of sp³-hybridized carbons (Fsp3) is 0.350. The fourth-order valence-electron chi connectivity index (χ4n) is 4.08. The van der Waals surface area contributed by atoms with Crippen molar-refractivity contribution >= 4 is 17.4 Å². The predicted octanol–water partition coefficient (Wildman–Crippen LogP) is 4.88. The number of benzene rings is 2. The molecule has 1 saturated carbocycles. The summed E-state index contributed by atoms with van der Waals surface area (Å²) in [5, 5.41) is 5.04. The van der Waals surface area contributed by atoms with Crippen molar-refractivity contribution in [2.24, 2.45) is 5.10 Å². The average Bonchev–Trinajstić information content (AvgIpc) is 2.97. The molecule has 148 valence electrons. The van der Waals surface area contributed by atoms with Crippen LogP contribution < -0.4 is 10.2 Å². The first kappa shape index (κ1) is 18.9. The Kier molecular flexibility index (Phi) is 4.65. The SMILES string of the molecule is CN1C(c2ccccc2OC(F)(F)F)=NNC1C1(c2ccc(Cl)cc2)CCC1. The van der Waals surface area contributed by atoms with Crippen molar-refractivity contribution in [2.45, 2.75) is 37.2 Å². The van der Waals surface area contributed by atoms with Crippen LogP contribution in [0, 0.1) is 0 Å². The zero-order chi connectivity index (χ0) is 19.9. The first-order valence-corrected chi connectivity index (χ1v) is 9.35. The van der Waals surface area contributed by atoms with Crippen molar-refractivity contribution in [3.8, 4) is 5.75 Å². The third-order valence-corrected chi connectivity index (χ3v) is 5.81. The van der Waals surface area contributed by atoms with E-state index in [0.717, 1.165) is 24.8 Å². The van der Waals surface area contributed by atoms with Crippen molar-refractivity contribution in [1.29, 1.82) is 0 Å². The molecule has 1 atom stereocenters. The van der Waals surface area contributed by atoms with Crippen LogP contribution in [0.2, 0.25) is 5.02 Å². The maximum absolute atomic E-state index is 12.8. The van der Waals surface area contributed by atoms with Gasteiger partial charge in [-0.2, -0.15) is 5.10 Å². The van der Waals surface area contributed by atoms with Crippen molar-refractivity contribution in [1.82, 2.24) is 10.3 Å². The van der Waals surface area contributed by atoms with Crippen LogP contribution in [-0.2, 0) is 5.41 Å². The Morgan fingerprint density at radius 2 is 1.82 bits per heavy atom. The van der Waals surface area contributed by atoms with Crippen LogP contribution in [0.1, 0.15) is 30.4 Å². The van der Waals surface area contributed by atoms with Gasteiger partial charge in [-0.25, -0.2) is 0 Å². The van der Waals surface area contributed by atoms with Crippen LogP contribution in [0.25, 0.3) is 0 Å². The molecule has 0 radical (unpaired) electrons. The Balaban J connectivity index is 1.64. The predicted molar refractivity (Wildman–Crippen MR) is 101 cm³/mol. The molecule has 4 rings (SSSR count). The van der Waals surface area contributed by atoms with Crippen molar-refractivity contribution in [3.63, 3.8) is 0 Å². The Bertz CT molecular complexity index is 894. The van der Waals surface area contributed by atoms with Crippen LogP contribution in [-0.4, -0.2) is 30.3 Å². The topological polar surface area (TPSA) is 36.9 Å². The summed E-state index contributed by atoms with van der Waals surface area (Å²) in [5.41, 5.74) is 4.41. The molecule has 1 N–H and O–H groups in total. The standard InChI is InChI=1S/C20H19ClF3N3O/c1-27-17(15-5-2-3-6-16(15)28-20(22,23)24)25-26-18(27)19(11-4-12-19)13-7-9-14(21)10-8-13/h2-3,5-10,18,26H,4,11-12H2,1H3. The molecule has 2 aromatic rings. The molecule has 1 aliphatic heterocycles. The number of hydrogen-bond donors (Lipinski definition) is 1. The highest BCUT2D eigenvalue weighted by Crippen LogP contribution is 2.48. The number of nitrogens with zero attached hydrogens (tertiary/aromatic N) is 2. The molecular weight excluding hydrogens is 391 g/mol. The van der Waals surface area contributed by atoms with Crippen LogP contribution in [0.15, 0.2) is 53.6 Å². The summed E-state index contributed by atoms with van der Waals surface area (Å²) in [7, 11) is 1.84. The van der Waals surface area contributed by atoms with Crippen molar-refractivity contribution in [3.05, 3.63) is 64.7 Å². The van der Waals surface area contributed by atoms with E-state index >= 15 is 0 Å². The van der Waals surface area contributed by atoms with E-state index in [9.17, 15) is 13.2 Å². The highest BCUT2D eigenvalue weighted by Gasteiger charge is 2.50. The number of rotatable bonds is 4. The lowest BCUT2D eigenvalue weighted by atomic mass is 9.62. The van der Waals surface area contributed by atoms with Gasteiger partial charge in [0.15, 0.2) is 5.84 Å². The number of amidine groups is 1. The van der Waals surface area contributed by atoms with Crippen LogP contribution in [0.5, 0.6) is 5.75 Å². The van der Waals surface area contributed by atoms with Gasteiger partial charge < -0.3 is 9.64 Å². The zero-order valence-corrected chi connectivity index (χ0v) is 15.9. The molecular formula is C20H19ClF3N3O. The molecule has 1 heterocycles. The third kappa shape index (κ3) is 3.28. The molecule has 2 aliphatic rings. The van der Waals surface area contributed by atoms with E-state index in [1.54, 1.807) is 12.1 Å². The first-order valence-electron chi connectivity index (χ1n) is 8.97. The average molecular weight is 410 g/mol. The van der Waals surface area contributed by atoms with Gasteiger partial charge in [-0.05, 0) is 42.7 Å². The highest BCUT2D eigenvalue weighted by molar-refractivity contribution is 6.30. The largest absolute Gasteiger partial charge is 0.573 e. The Morgan fingerprint density at radius 3 is 2.43 bits per heavy atom. The molecule has 0 aromatic heterocycles. The van der Waals surface area contributed by atoms with Crippen LogP contribution in [0.3, 0.4) is 0 Å². The third-order valence-electron chi connectivity index (χ3n) is 5.56. The smallest absolute Gasteiger partial charge is 0.405 e. The number of halogens is 4. The Hall–Kier alpha value is -2.41. The van der Waals surface area contributed by atoms with Gasteiger partial charge in [0.2, 0.25) is 0 Å². The minimum absolute atomic E-state index is 0.170. The van der Waals surface area contributed by atoms with Crippen LogP contribution >= 0.6 is 11.6 Å². The van der Waals surface area contributed by atoms with Crippen molar-refractivity contribution in [2.75, 3.05) is 7.05 Å². The molecule has 1 fully saturated rings. The maximum Gasteiger partial charge on any atom is 0.573 e. The second-order valence-electron chi connectivity index (χ2n) is 7.14. The molecule has 0 spiro atoms. The Morgan fingerprint density at radius 1 is 1.14 bits per heavy atom. The summed E-state index contributed by atoms with van der Waals surface area (Å²) in [6.07, 6.45) is -1.94. The van der Waals surface area contributed by atoms with Gasteiger partial charge in [0, 0.05) is 17.5 Å². The van der Waals surface area contributed by atoms with Crippen LogP contribution in [0.4, 0.5) is 13.2 Å². The van der Waals surface area contributed by atoms with E-state index in [2.05, 4.69) is 15.3 Å². The second kappa shape index (κ2) is 6.88. The minimum Gasteiger partial charge on any atom is -0.405 e. The Labute approximate surface area is 165 Å². The lowest BCUT2D eigenvalue weighted by molar-refractivity contribution is -0.274. The molecule has 4 nitrogen and oxygen atoms in total.